The van der Waals surface area contributed by atoms with Crippen molar-refractivity contribution in [2.75, 3.05) is 26.2 Å². The van der Waals surface area contributed by atoms with Gasteiger partial charge in [0.15, 0.2) is 5.96 Å². The number of nitrogens with zero attached hydrogens (tertiary/aromatic N) is 1. The zero-order valence-corrected chi connectivity index (χ0v) is 21.9. The molecule has 0 aliphatic rings. The Balaban J connectivity index is 0.00000900. The number of carbonyl (C=O) groups is 1. The number of hydrogen-bond donors (Lipinski definition) is 4. The molecule has 0 aromatic heterocycles. The van der Waals surface area contributed by atoms with Crippen molar-refractivity contribution in [2.24, 2.45) is 10.9 Å². The molecule has 31 heavy (non-hydrogen) atoms. The molecule has 0 heterocycles. The van der Waals surface area contributed by atoms with Crippen LogP contribution >= 0.6 is 24.0 Å². The van der Waals surface area contributed by atoms with Gasteiger partial charge in [-0.1, -0.05) is 43.7 Å². The van der Waals surface area contributed by atoms with Gasteiger partial charge in [0, 0.05) is 26.2 Å². The summed E-state index contributed by atoms with van der Waals surface area (Å²) in [5.41, 5.74) is 0.423. The molecule has 0 bridgehead atoms. The number of guanidine groups is 1. The highest BCUT2D eigenvalue weighted by atomic mass is 127. The van der Waals surface area contributed by atoms with Gasteiger partial charge >= 0.3 is 6.09 Å². The fraction of sp³-hybridized carbons (Fsp3) is 0.652. The van der Waals surface area contributed by atoms with Crippen molar-refractivity contribution < 1.29 is 14.6 Å². The first kappa shape index (κ1) is 29.5. The molecule has 0 fully saturated rings. The van der Waals surface area contributed by atoms with E-state index in [4.69, 9.17) is 9.73 Å². The summed E-state index contributed by atoms with van der Waals surface area (Å²) in [7, 11) is 0. The maximum absolute atomic E-state index is 12.3. The molecule has 0 aliphatic heterocycles. The van der Waals surface area contributed by atoms with Gasteiger partial charge in [0.1, 0.15) is 5.60 Å². The Morgan fingerprint density at radius 2 is 1.81 bits per heavy atom. The Labute approximate surface area is 204 Å². The maximum atomic E-state index is 12.3. The van der Waals surface area contributed by atoms with Crippen LogP contribution in [0, 0.1) is 5.92 Å². The molecule has 4 N–H and O–H groups in total. The second-order valence-electron chi connectivity index (χ2n) is 8.38. The van der Waals surface area contributed by atoms with Gasteiger partial charge in [-0.05, 0) is 52.0 Å². The number of aliphatic imine (C=N–C) groups is 1. The van der Waals surface area contributed by atoms with Crippen molar-refractivity contribution in [1.29, 1.82) is 0 Å². The number of alkyl carbamates (subject to hydrolysis) is 1. The van der Waals surface area contributed by atoms with E-state index in [1.165, 1.54) is 0 Å². The largest absolute Gasteiger partial charge is 0.444 e. The van der Waals surface area contributed by atoms with E-state index in [2.05, 4.69) is 22.9 Å². The Kier molecular flexibility index (Phi) is 15.3. The highest BCUT2D eigenvalue weighted by Crippen LogP contribution is 2.14. The Hall–Kier alpha value is -1.55. The number of aliphatic hydroxyl groups excluding tert-OH is 1. The number of amides is 1. The molecule has 0 saturated heterocycles. The molecule has 1 amide bonds. The predicted molar refractivity (Wildman–Crippen MR) is 138 cm³/mol. The average Bonchev–Trinajstić information content (AvgIpc) is 2.68. The second-order valence-corrected chi connectivity index (χ2v) is 8.38. The Morgan fingerprint density at radius 1 is 1.13 bits per heavy atom. The number of nitrogens with one attached hydrogen (secondary N) is 3. The van der Waals surface area contributed by atoms with Crippen LogP contribution in [0.2, 0.25) is 0 Å². The minimum atomic E-state index is -0.559. The van der Waals surface area contributed by atoms with Gasteiger partial charge in [-0.15, -0.1) is 24.0 Å². The van der Waals surface area contributed by atoms with E-state index in [0.29, 0.717) is 25.0 Å². The standard InChI is InChI=1S/C23H40N4O3.HI/c1-6-11-18(14-15-28)16-25-21(24-7-2)26-17-20(19-12-9-8-10-13-19)27-22(29)30-23(3,4)5;/h8-10,12-13,18,20,28H,6-7,11,14-17H2,1-5H3,(H,27,29)(H2,24,25,26);1H. The number of halogens is 1. The molecule has 0 saturated carbocycles. The topological polar surface area (TPSA) is 95.0 Å². The van der Waals surface area contributed by atoms with Crippen LogP contribution in [0.1, 0.15) is 65.5 Å². The number of carbonyl (C=O) groups excluding carboxylic acids is 1. The molecule has 8 heteroatoms. The van der Waals surface area contributed by atoms with Crippen molar-refractivity contribution in [3.63, 3.8) is 0 Å². The lowest BCUT2D eigenvalue weighted by Crippen LogP contribution is -2.44. The van der Waals surface area contributed by atoms with Crippen LogP contribution < -0.4 is 16.0 Å². The summed E-state index contributed by atoms with van der Waals surface area (Å²) in [5.74, 6) is 1.06. The van der Waals surface area contributed by atoms with Crippen LogP contribution in [0.15, 0.2) is 35.3 Å². The van der Waals surface area contributed by atoms with Gasteiger partial charge in [-0.25, -0.2) is 4.79 Å². The molecule has 2 atom stereocenters. The smallest absolute Gasteiger partial charge is 0.408 e. The van der Waals surface area contributed by atoms with Gasteiger partial charge in [0.25, 0.3) is 0 Å². The molecule has 7 nitrogen and oxygen atoms in total. The highest BCUT2D eigenvalue weighted by molar-refractivity contribution is 14.0. The number of ether oxygens (including phenoxy) is 1. The molecule has 178 valence electrons. The highest BCUT2D eigenvalue weighted by Gasteiger charge is 2.21. The van der Waals surface area contributed by atoms with E-state index in [-0.39, 0.29) is 36.6 Å². The lowest BCUT2D eigenvalue weighted by Gasteiger charge is -2.25. The molecule has 0 spiro atoms. The normalized spacial score (nSPS) is 13.5. The molecule has 0 aliphatic carbocycles. The van der Waals surface area contributed by atoms with Crippen molar-refractivity contribution in [3.05, 3.63) is 35.9 Å². The van der Waals surface area contributed by atoms with Gasteiger partial charge in [-0.3, -0.25) is 4.99 Å². The minimum absolute atomic E-state index is 0. The fourth-order valence-corrected chi connectivity index (χ4v) is 3.07. The lowest BCUT2D eigenvalue weighted by atomic mass is 10.0. The number of aliphatic hydroxyl groups is 1. The maximum Gasteiger partial charge on any atom is 0.408 e. The van der Waals surface area contributed by atoms with Crippen molar-refractivity contribution in [2.45, 2.75) is 65.5 Å². The summed E-state index contributed by atoms with van der Waals surface area (Å²) in [4.78, 5) is 17.0. The average molecular weight is 549 g/mol. The summed E-state index contributed by atoms with van der Waals surface area (Å²) in [6.45, 7) is 11.7. The fourth-order valence-electron chi connectivity index (χ4n) is 3.07. The molecule has 0 radical (unpaired) electrons. The minimum Gasteiger partial charge on any atom is -0.444 e. The van der Waals surface area contributed by atoms with Crippen LogP contribution in [-0.4, -0.2) is 49.0 Å². The van der Waals surface area contributed by atoms with Gasteiger partial charge in [0.05, 0.1) is 6.04 Å². The number of rotatable bonds is 11. The second kappa shape index (κ2) is 16.1. The zero-order chi connectivity index (χ0) is 22.4. The third-order valence-corrected chi connectivity index (χ3v) is 4.45. The van der Waals surface area contributed by atoms with E-state index in [9.17, 15) is 9.90 Å². The molecular formula is C23H41IN4O3. The van der Waals surface area contributed by atoms with Crippen LogP contribution in [0.3, 0.4) is 0 Å². The molecule has 1 rings (SSSR count). The van der Waals surface area contributed by atoms with Crippen LogP contribution in [0.5, 0.6) is 0 Å². The van der Waals surface area contributed by atoms with Gasteiger partial charge in [-0.2, -0.15) is 0 Å². The van der Waals surface area contributed by atoms with Crippen LogP contribution in [0.4, 0.5) is 4.79 Å². The van der Waals surface area contributed by atoms with Crippen LogP contribution in [-0.2, 0) is 4.74 Å². The van der Waals surface area contributed by atoms with Crippen molar-refractivity contribution >= 4 is 36.0 Å². The summed E-state index contributed by atoms with van der Waals surface area (Å²) >= 11 is 0. The number of benzene rings is 1. The van der Waals surface area contributed by atoms with E-state index in [1.807, 2.05) is 58.0 Å². The lowest BCUT2D eigenvalue weighted by molar-refractivity contribution is 0.0504. The zero-order valence-electron chi connectivity index (χ0n) is 19.6. The molecule has 2 unspecified atom stereocenters. The molecule has 1 aromatic rings. The van der Waals surface area contributed by atoms with Crippen LogP contribution in [0.25, 0.3) is 0 Å². The van der Waals surface area contributed by atoms with E-state index < -0.39 is 11.7 Å². The first-order valence-corrected chi connectivity index (χ1v) is 11.0. The van der Waals surface area contributed by atoms with E-state index in [0.717, 1.165) is 31.4 Å². The quantitative estimate of drug-likeness (QED) is 0.189. The Morgan fingerprint density at radius 3 is 2.35 bits per heavy atom. The van der Waals surface area contributed by atoms with E-state index in [1.54, 1.807) is 0 Å². The monoisotopic (exact) mass is 548 g/mol. The van der Waals surface area contributed by atoms with E-state index >= 15 is 0 Å². The van der Waals surface area contributed by atoms with Gasteiger partial charge < -0.3 is 25.8 Å². The van der Waals surface area contributed by atoms with Crippen molar-refractivity contribution in [1.82, 2.24) is 16.0 Å². The predicted octanol–water partition coefficient (Wildman–Crippen LogP) is 4.22. The number of hydrogen-bond acceptors (Lipinski definition) is 4. The summed E-state index contributed by atoms with van der Waals surface area (Å²) < 4.78 is 5.43. The molecular weight excluding hydrogens is 507 g/mol. The summed E-state index contributed by atoms with van der Waals surface area (Å²) in [6, 6.07) is 9.53. The first-order chi connectivity index (χ1) is 14.3. The summed E-state index contributed by atoms with van der Waals surface area (Å²) in [6.07, 6.45) is 2.41. The first-order valence-electron chi connectivity index (χ1n) is 11.0. The third kappa shape index (κ3) is 13.5. The Bertz CT molecular complexity index is 629. The molecule has 1 aromatic carbocycles. The SMILES string of the molecule is CCCC(CCO)CN=C(NCC)NCC(NC(=O)OC(C)(C)C)c1ccccc1.I. The van der Waals surface area contributed by atoms with Crippen molar-refractivity contribution in [3.8, 4) is 0 Å². The third-order valence-electron chi connectivity index (χ3n) is 4.45. The van der Waals surface area contributed by atoms with Gasteiger partial charge in [0.2, 0.25) is 0 Å². The summed E-state index contributed by atoms with van der Waals surface area (Å²) in [5, 5.41) is 18.8.